The first kappa shape index (κ1) is 24.9. The molecule has 1 saturated carbocycles. The van der Waals surface area contributed by atoms with Gasteiger partial charge in [0.25, 0.3) is 0 Å². The van der Waals surface area contributed by atoms with Crippen molar-refractivity contribution in [2.45, 2.75) is 62.7 Å². The molecule has 2 aliphatic heterocycles. The van der Waals surface area contributed by atoms with Gasteiger partial charge in [-0.25, -0.2) is 8.42 Å². The molecule has 3 rings (SSSR count). The third-order valence-electron chi connectivity index (χ3n) is 5.97. The fourth-order valence-corrected chi connectivity index (χ4v) is 5.19. The number of halogens is 4. The summed E-state index contributed by atoms with van der Waals surface area (Å²) in [4.78, 5) is 6.80. The van der Waals surface area contributed by atoms with E-state index >= 15 is 0 Å². The average molecular weight is 553 g/mol. The Morgan fingerprint density at radius 1 is 1.17 bits per heavy atom. The first-order chi connectivity index (χ1) is 13.1. The molecule has 2 heterocycles. The summed E-state index contributed by atoms with van der Waals surface area (Å²) in [6.07, 6.45) is 4.43. The van der Waals surface area contributed by atoms with Crippen LogP contribution in [0.2, 0.25) is 0 Å². The summed E-state index contributed by atoms with van der Waals surface area (Å²) in [5.41, 5.74) is -5.23. The lowest BCUT2D eigenvalue weighted by Gasteiger charge is -2.32. The fourth-order valence-electron chi connectivity index (χ4n) is 4.20. The summed E-state index contributed by atoms with van der Waals surface area (Å²) in [5.74, 6) is 0.809. The molecule has 2 N–H and O–H groups in total. The topological polar surface area (TPSA) is 77.0 Å². The Morgan fingerprint density at radius 3 is 2.31 bits per heavy atom. The van der Waals surface area contributed by atoms with Gasteiger partial charge in [-0.1, -0.05) is 0 Å². The number of nitrogens with one attached hydrogen (secondary N) is 2. The van der Waals surface area contributed by atoms with E-state index < -0.39 is 15.5 Å². The van der Waals surface area contributed by atoms with Crippen LogP contribution >= 0.6 is 24.0 Å². The Morgan fingerprint density at radius 2 is 1.79 bits per heavy atom. The first-order valence-electron chi connectivity index (χ1n) is 9.91. The van der Waals surface area contributed by atoms with Crippen LogP contribution in [-0.4, -0.2) is 80.4 Å². The van der Waals surface area contributed by atoms with E-state index in [2.05, 4.69) is 27.4 Å². The van der Waals surface area contributed by atoms with E-state index in [-0.39, 0.29) is 43.0 Å². The number of sulfonamides is 1. The van der Waals surface area contributed by atoms with Crippen molar-refractivity contribution in [2.75, 3.05) is 33.2 Å². The number of nitrogens with zero attached hydrogens (tertiary/aromatic N) is 3. The van der Waals surface area contributed by atoms with Crippen LogP contribution in [0.15, 0.2) is 4.99 Å². The normalized spacial score (nSPS) is 28.2. The zero-order chi connectivity index (χ0) is 20.5. The molecule has 0 aromatic rings. The Bertz CT molecular complexity index is 679. The van der Waals surface area contributed by atoms with E-state index in [9.17, 15) is 21.6 Å². The minimum atomic E-state index is -5.23. The van der Waals surface area contributed by atoms with E-state index in [0.29, 0.717) is 41.7 Å². The molecule has 0 aromatic carbocycles. The smallest absolute Gasteiger partial charge is 0.356 e. The van der Waals surface area contributed by atoms with Crippen LogP contribution in [0.4, 0.5) is 13.2 Å². The highest BCUT2D eigenvalue weighted by Gasteiger charge is 2.50. The third kappa shape index (κ3) is 6.10. The van der Waals surface area contributed by atoms with Crippen LogP contribution < -0.4 is 10.6 Å². The summed E-state index contributed by atoms with van der Waals surface area (Å²) in [5, 5.41) is 6.70. The number of hydrogen-bond donors (Lipinski definition) is 2. The summed E-state index contributed by atoms with van der Waals surface area (Å²) in [6.45, 7) is 3.61. The summed E-state index contributed by atoms with van der Waals surface area (Å²) < 4.78 is 61.4. The van der Waals surface area contributed by atoms with Crippen LogP contribution in [0.3, 0.4) is 0 Å². The van der Waals surface area contributed by atoms with Gasteiger partial charge in [-0.15, -0.1) is 24.0 Å². The summed E-state index contributed by atoms with van der Waals surface area (Å²) >= 11 is 0. The standard InChI is InChI=1S/C17H30F3N5O2S.HI/c1-12-9-14(11-25(12)15-3-4-15)23-16(21-2)22-10-13-5-7-24(8-6-13)28(26,27)17(18,19)20;/h12-15H,3-11H2,1-2H3,(H2,21,22,23);1H. The van der Waals surface area contributed by atoms with Gasteiger partial charge in [-0.3, -0.25) is 9.89 Å². The zero-order valence-electron chi connectivity index (χ0n) is 16.8. The SMILES string of the molecule is CN=C(NCC1CCN(S(=O)(=O)C(F)(F)F)CC1)NC1CC(C)N(C2CC2)C1.I. The molecule has 29 heavy (non-hydrogen) atoms. The highest BCUT2D eigenvalue weighted by molar-refractivity contribution is 14.0. The van der Waals surface area contributed by atoms with Gasteiger partial charge in [0.1, 0.15) is 0 Å². The van der Waals surface area contributed by atoms with Gasteiger partial charge >= 0.3 is 15.5 Å². The average Bonchev–Trinajstić information content (AvgIpc) is 3.41. The van der Waals surface area contributed by atoms with Crippen molar-refractivity contribution in [1.29, 1.82) is 0 Å². The molecule has 0 amide bonds. The molecular weight excluding hydrogens is 522 g/mol. The fraction of sp³-hybridized carbons (Fsp3) is 0.941. The second-order valence-electron chi connectivity index (χ2n) is 8.10. The van der Waals surface area contributed by atoms with E-state index in [0.717, 1.165) is 19.0 Å². The molecule has 0 aromatic heterocycles. The number of guanidine groups is 1. The van der Waals surface area contributed by atoms with Gasteiger partial charge < -0.3 is 10.6 Å². The maximum absolute atomic E-state index is 12.6. The van der Waals surface area contributed by atoms with Gasteiger partial charge in [-0.2, -0.15) is 17.5 Å². The van der Waals surface area contributed by atoms with Crippen molar-refractivity contribution in [3.8, 4) is 0 Å². The van der Waals surface area contributed by atoms with Gasteiger partial charge in [0.2, 0.25) is 0 Å². The minimum absolute atomic E-state index is 0. The van der Waals surface area contributed by atoms with Gasteiger partial charge in [0.05, 0.1) is 0 Å². The highest BCUT2D eigenvalue weighted by Crippen LogP contribution is 2.33. The first-order valence-corrected chi connectivity index (χ1v) is 11.3. The van der Waals surface area contributed by atoms with Crippen molar-refractivity contribution in [3.63, 3.8) is 0 Å². The quantitative estimate of drug-likeness (QED) is 0.310. The Balaban J connectivity index is 0.00000300. The van der Waals surface area contributed by atoms with E-state index in [4.69, 9.17) is 0 Å². The largest absolute Gasteiger partial charge is 0.511 e. The predicted molar refractivity (Wildman–Crippen MR) is 117 cm³/mol. The molecule has 7 nitrogen and oxygen atoms in total. The van der Waals surface area contributed by atoms with E-state index in [1.165, 1.54) is 12.8 Å². The molecule has 0 bridgehead atoms. The van der Waals surface area contributed by atoms with Crippen LogP contribution in [0, 0.1) is 5.92 Å². The minimum Gasteiger partial charge on any atom is -0.356 e. The number of rotatable bonds is 5. The molecule has 2 saturated heterocycles. The van der Waals surface area contributed by atoms with Crippen molar-refractivity contribution in [2.24, 2.45) is 10.9 Å². The summed E-state index contributed by atoms with van der Waals surface area (Å²) in [6, 6.07) is 1.62. The molecule has 1 aliphatic carbocycles. The molecule has 0 spiro atoms. The number of hydrogen-bond acceptors (Lipinski definition) is 4. The lowest BCUT2D eigenvalue weighted by atomic mass is 9.98. The molecule has 2 atom stereocenters. The van der Waals surface area contributed by atoms with Gasteiger partial charge in [-0.05, 0) is 44.9 Å². The van der Waals surface area contributed by atoms with Crippen LogP contribution in [0.5, 0.6) is 0 Å². The second-order valence-corrected chi connectivity index (χ2v) is 10.0. The number of aliphatic imine (C=N–C) groups is 1. The van der Waals surface area contributed by atoms with Gasteiger partial charge in [0, 0.05) is 51.4 Å². The summed E-state index contributed by atoms with van der Waals surface area (Å²) in [7, 11) is -3.52. The monoisotopic (exact) mass is 553 g/mol. The molecule has 2 unspecified atom stereocenters. The molecule has 170 valence electrons. The molecule has 3 aliphatic rings. The number of alkyl halides is 3. The maximum atomic E-state index is 12.6. The highest BCUT2D eigenvalue weighted by atomic mass is 127. The van der Waals surface area contributed by atoms with Crippen molar-refractivity contribution >= 4 is 40.0 Å². The molecule has 3 fully saturated rings. The van der Waals surface area contributed by atoms with Crippen molar-refractivity contribution in [3.05, 3.63) is 0 Å². The third-order valence-corrected chi connectivity index (χ3v) is 7.60. The molecule has 12 heteroatoms. The molecular formula is C17H31F3IN5O2S. The Labute approximate surface area is 187 Å². The Hall–Kier alpha value is -0.340. The number of likely N-dealkylation sites (tertiary alicyclic amines) is 1. The van der Waals surface area contributed by atoms with Crippen LogP contribution in [-0.2, 0) is 10.0 Å². The van der Waals surface area contributed by atoms with E-state index in [1.54, 1.807) is 7.05 Å². The van der Waals surface area contributed by atoms with Crippen molar-refractivity contribution < 1.29 is 21.6 Å². The maximum Gasteiger partial charge on any atom is 0.511 e. The van der Waals surface area contributed by atoms with E-state index in [1.807, 2.05) is 0 Å². The Kier molecular flexibility index (Phi) is 8.47. The van der Waals surface area contributed by atoms with Gasteiger partial charge in [0.15, 0.2) is 5.96 Å². The van der Waals surface area contributed by atoms with Crippen LogP contribution in [0.25, 0.3) is 0 Å². The lowest BCUT2D eigenvalue weighted by molar-refractivity contribution is -0.0496. The number of piperidine rings is 1. The predicted octanol–water partition coefficient (Wildman–Crippen LogP) is 1.96. The van der Waals surface area contributed by atoms with Crippen LogP contribution in [0.1, 0.15) is 39.0 Å². The zero-order valence-corrected chi connectivity index (χ0v) is 19.9. The van der Waals surface area contributed by atoms with Crippen molar-refractivity contribution in [1.82, 2.24) is 19.8 Å². The lowest BCUT2D eigenvalue weighted by Crippen LogP contribution is -2.48. The molecule has 0 radical (unpaired) electrons. The second kappa shape index (κ2) is 9.86.